The van der Waals surface area contributed by atoms with Crippen LogP contribution in [0.2, 0.25) is 0 Å². The normalized spacial score (nSPS) is 19.7. The molecule has 11 heteroatoms. The van der Waals surface area contributed by atoms with Crippen molar-refractivity contribution in [3.8, 4) is 0 Å². The Hall–Kier alpha value is -2.63. The molecule has 0 bridgehead atoms. The Morgan fingerprint density at radius 1 is 1.22 bits per heavy atom. The summed E-state index contributed by atoms with van der Waals surface area (Å²) in [6.45, 7) is 10.9. The summed E-state index contributed by atoms with van der Waals surface area (Å²) in [6.07, 6.45) is 2.25. The second kappa shape index (κ2) is 10.3. The van der Waals surface area contributed by atoms with Crippen LogP contribution < -0.4 is 5.32 Å². The lowest BCUT2D eigenvalue weighted by Gasteiger charge is -2.32. The molecule has 4 heterocycles. The number of fused-ring (bicyclic) bond motifs is 2. The molecule has 0 saturated carbocycles. The summed E-state index contributed by atoms with van der Waals surface area (Å²) in [5, 5.41) is 12.2. The number of amides is 1. The highest BCUT2D eigenvalue weighted by atomic mass is 32.2. The van der Waals surface area contributed by atoms with E-state index < -0.39 is 9.84 Å². The topological polar surface area (TPSA) is 110 Å². The maximum absolute atomic E-state index is 12.7. The molecule has 0 fully saturated rings. The van der Waals surface area contributed by atoms with Gasteiger partial charge in [0.15, 0.2) is 15.0 Å². The van der Waals surface area contributed by atoms with Gasteiger partial charge < -0.3 is 9.88 Å². The third-order valence-corrected chi connectivity index (χ3v) is 10.1. The van der Waals surface area contributed by atoms with Gasteiger partial charge in [-0.2, -0.15) is 0 Å². The Labute approximate surface area is 222 Å². The number of hydrogen-bond acceptors (Lipinski definition) is 8. The molecule has 0 aliphatic carbocycles. The monoisotopic (exact) mass is 542 g/mol. The first-order valence-electron chi connectivity index (χ1n) is 12.9. The zero-order chi connectivity index (χ0) is 26.3. The molecule has 0 saturated heterocycles. The molecule has 2 aliphatic heterocycles. The predicted molar refractivity (Wildman–Crippen MR) is 143 cm³/mol. The first kappa shape index (κ1) is 26.0. The Balaban J connectivity index is 1.21. The quantitative estimate of drug-likeness (QED) is 0.461. The fourth-order valence-corrected chi connectivity index (χ4v) is 7.42. The Bertz CT molecular complexity index is 1390. The largest absolute Gasteiger partial charge is 0.315 e. The lowest BCUT2D eigenvalue weighted by molar-refractivity contribution is -0.115. The van der Waals surface area contributed by atoms with Gasteiger partial charge in [0.2, 0.25) is 5.91 Å². The molecule has 2 aliphatic rings. The van der Waals surface area contributed by atoms with E-state index in [4.69, 9.17) is 4.98 Å². The van der Waals surface area contributed by atoms with Gasteiger partial charge in [-0.3, -0.25) is 9.69 Å². The first-order valence-corrected chi connectivity index (χ1v) is 15.3. The smallest absolute Gasteiger partial charge is 0.230 e. The molecular formula is C26H34N6O3S2. The number of carbonyl (C=O) groups excluding carboxylic acids is 1. The van der Waals surface area contributed by atoms with Crippen molar-refractivity contribution in [2.24, 2.45) is 11.8 Å². The van der Waals surface area contributed by atoms with Gasteiger partial charge in [0.25, 0.3) is 0 Å². The Kier molecular flexibility index (Phi) is 7.21. The van der Waals surface area contributed by atoms with Crippen LogP contribution in [-0.4, -0.2) is 51.3 Å². The molecule has 0 radical (unpaired) electrons. The maximum Gasteiger partial charge on any atom is 0.230 e. The summed E-state index contributed by atoms with van der Waals surface area (Å²) in [5.41, 5.74) is 1.85. The van der Waals surface area contributed by atoms with Gasteiger partial charge in [0, 0.05) is 30.9 Å². The average molecular weight is 543 g/mol. The van der Waals surface area contributed by atoms with Crippen LogP contribution in [0.1, 0.15) is 61.0 Å². The van der Waals surface area contributed by atoms with Crippen molar-refractivity contribution in [1.29, 1.82) is 0 Å². The fourth-order valence-electron chi connectivity index (χ4n) is 5.49. The van der Waals surface area contributed by atoms with Crippen LogP contribution in [0.4, 0.5) is 5.13 Å². The molecule has 9 nitrogen and oxygen atoms in total. The number of nitrogens with zero attached hydrogens (tertiary/aromatic N) is 5. The van der Waals surface area contributed by atoms with Crippen molar-refractivity contribution in [1.82, 2.24) is 24.6 Å². The molecule has 1 aromatic carbocycles. The van der Waals surface area contributed by atoms with Crippen LogP contribution in [0, 0.1) is 18.8 Å². The standard InChI is InChI=1S/C26H34N6O3S2/c1-5-37(34,35)20-8-6-18(7-9-20)13-23(33)27-26-28-24-21(36-26)15-31(25(24)16(2)3)14-19-10-11-32-17(4)29-30-22(32)12-19/h6-9,16,19,25H,5,10-15H2,1-4H3,(H,27,28,33)/t19?,25-/m0/s1. The van der Waals surface area contributed by atoms with Crippen molar-refractivity contribution in [2.75, 3.05) is 17.6 Å². The summed E-state index contributed by atoms with van der Waals surface area (Å²) >= 11 is 1.56. The van der Waals surface area contributed by atoms with E-state index in [1.165, 1.54) is 4.88 Å². The van der Waals surface area contributed by atoms with Crippen LogP contribution in [-0.2, 0) is 40.6 Å². The number of anilines is 1. The predicted octanol–water partition coefficient (Wildman–Crippen LogP) is 3.79. The number of thiazole rings is 1. The molecule has 2 atom stereocenters. The van der Waals surface area contributed by atoms with Crippen molar-refractivity contribution < 1.29 is 13.2 Å². The number of sulfone groups is 1. The summed E-state index contributed by atoms with van der Waals surface area (Å²) in [5.74, 6) is 2.94. The van der Waals surface area contributed by atoms with E-state index >= 15 is 0 Å². The maximum atomic E-state index is 12.7. The van der Waals surface area contributed by atoms with Gasteiger partial charge in [0.1, 0.15) is 11.6 Å². The van der Waals surface area contributed by atoms with Crippen LogP contribution in [0.5, 0.6) is 0 Å². The molecular weight excluding hydrogens is 508 g/mol. The van der Waals surface area contributed by atoms with Gasteiger partial charge in [0.05, 0.1) is 28.8 Å². The number of nitrogens with one attached hydrogen (secondary N) is 1. The second-order valence-electron chi connectivity index (χ2n) is 10.4. The summed E-state index contributed by atoms with van der Waals surface area (Å²) in [7, 11) is -3.25. The van der Waals surface area contributed by atoms with E-state index in [1.807, 2.05) is 6.92 Å². The van der Waals surface area contributed by atoms with Crippen molar-refractivity contribution in [3.63, 3.8) is 0 Å². The molecule has 5 rings (SSSR count). The van der Waals surface area contributed by atoms with Crippen molar-refractivity contribution in [2.45, 2.75) is 71.0 Å². The van der Waals surface area contributed by atoms with Gasteiger partial charge in [-0.25, -0.2) is 13.4 Å². The van der Waals surface area contributed by atoms with Crippen LogP contribution in [0.25, 0.3) is 0 Å². The second-order valence-corrected chi connectivity index (χ2v) is 13.8. The van der Waals surface area contributed by atoms with Crippen LogP contribution in [0.3, 0.4) is 0 Å². The van der Waals surface area contributed by atoms with Gasteiger partial charge >= 0.3 is 0 Å². The number of rotatable bonds is 8. The number of benzene rings is 1. The van der Waals surface area contributed by atoms with Gasteiger partial charge in [-0.1, -0.05) is 32.9 Å². The van der Waals surface area contributed by atoms with E-state index in [1.54, 1.807) is 42.5 Å². The highest BCUT2D eigenvalue weighted by Crippen LogP contribution is 2.43. The molecule has 37 heavy (non-hydrogen) atoms. The average Bonchev–Trinajstić information content (AvgIpc) is 3.51. The van der Waals surface area contributed by atoms with Crippen molar-refractivity contribution >= 4 is 32.2 Å². The molecule has 1 unspecified atom stereocenters. The van der Waals surface area contributed by atoms with Crippen LogP contribution >= 0.6 is 11.3 Å². The van der Waals surface area contributed by atoms with E-state index in [0.29, 0.717) is 17.0 Å². The minimum Gasteiger partial charge on any atom is -0.315 e. The zero-order valence-corrected chi connectivity index (χ0v) is 23.4. The minimum absolute atomic E-state index is 0.0551. The molecule has 2 aromatic heterocycles. The van der Waals surface area contributed by atoms with E-state index in [2.05, 4.69) is 38.8 Å². The Morgan fingerprint density at radius 3 is 2.68 bits per heavy atom. The van der Waals surface area contributed by atoms with E-state index in [0.717, 1.165) is 55.4 Å². The molecule has 1 amide bonds. The number of aromatic nitrogens is 4. The van der Waals surface area contributed by atoms with Crippen molar-refractivity contribution in [3.05, 3.63) is 52.0 Å². The van der Waals surface area contributed by atoms with Gasteiger partial charge in [-0.15, -0.1) is 21.5 Å². The van der Waals surface area contributed by atoms with E-state index in [-0.39, 0.29) is 29.0 Å². The SMILES string of the molecule is CCS(=O)(=O)c1ccc(CC(=O)Nc2nc3c(s2)CN(CC2CCn4c(C)nnc4C2)[C@H]3C(C)C)cc1. The molecule has 3 aromatic rings. The Morgan fingerprint density at radius 2 is 1.97 bits per heavy atom. The third-order valence-electron chi connectivity index (χ3n) is 7.39. The molecule has 0 spiro atoms. The number of aryl methyl sites for hydroxylation is 1. The third kappa shape index (κ3) is 5.35. The fraction of sp³-hybridized carbons (Fsp3) is 0.538. The summed E-state index contributed by atoms with van der Waals surface area (Å²) in [4.78, 5) is 21.6. The summed E-state index contributed by atoms with van der Waals surface area (Å²) < 4.78 is 26.2. The lowest BCUT2D eigenvalue weighted by Crippen LogP contribution is -2.34. The lowest BCUT2D eigenvalue weighted by atomic mass is 9.95. The zero-order valence-electron chi connectivity index (χ0n) is 21.8. The highest BCUT2D eigenvalue weighted by molar-refractivity contribution is 7.91. The van der Waals surface area contributed by atoms with Gasteiger partial charge in [-0.05, 0) is 42.9 Å². The van der Waals surface area contributed by atoms with E-state index in [9.17, 15) is 13.2 Å². The minimum atomic E-state index is -3.25. The summed E-state index contributed by atoms with van der Waals surface area (Å²) in [6, 6.07) is 6.76. The van der Waals surface area contributed by atoms with Crippen LogP contribution in [0.15, 0.2) is 29.2 Å². The first-order chi connectivity index (χ1) is 17.6. The molecule has 198 valence electrons. The highest BCUT2D eigenvalue weighted by Gasteiger charge is 2.38. The number of carbonyl (C=O) groups is 1. The molecule has 1 N–H and O–H groups in total. The number of hydrogen-bond donors (Lipinski definition) is 1.